The number of rotatable bonds is 6. The van der Waals surface area contributed by atoms with Gasteiger partial charge in [-0.2, -0.15) is 5.10 Å². The van der Waals surface area contributed by atoms with Crippen molar-refractivity contribution in [1.29, 1.82) is 0 Å². The third kappa shape index (κ3) is 3.66. The topological polar surface area (TPSA) is 77.7 Å². The molecule has 7 heteroatoms. The predicted molar refractivity (Wildman–Crippen MR) is 99.6 cm³/mol. The minimum Gasteiger partial charge on any atom is -0.497 e. The van der Waals surface area contributed by atoms with Gasteiger partial charge in [-0.3, -0.25) is 4.79 Å². The van der Waals surface area contributed by atoms with Gasteiger partial charge in [0.2, 0.25) is 0 Å². The number of ether oxygens (including phenoxy) is 2. The van der Waals surface area contributed by atoms with Crippen molar-refractivity contribution in [3.8, 4) is 11.5 Å². The molecule has 2 aromatic carbocycles. The van der Waals surface area contributed by atoms with Crippen molar-refractivity contribution in [2.24, 2.45) is 5.10 Å². The summed E-state index contributed by atoms with van der Waals surface area (Å²) < 4.78 is 12.3. The van der Waals surface area contributed by atoms with Crippen molar-refractivity contribution < 1.29 is 14.3 Å². The maximum Gasteiger partial charge on any atom is 0.260 e. The Bertz CT molecular complexity index is 962. The van der Waals surface area contributed by atoms with E-state index in [2.05, 4.69) is 15.5 Å². The molecule has 0 aliphatic rings. The van der Waals surface area contributed by atoms with Gasteiger partial charge < -0.3 is 14.0 Å². The van der Waals surface area contributed by atoms with Gasteiger partial charge in [0.25, 0.3) is 5.91 Å². The third-order valence-corrected chi connectivity index (χ3v) is 3.99. The lowest BCUT2D eigenvalue weighted by molar-refractivity contribution is -0.121. The molecule has 26 heavy (non-hydrogen) atoms. The molecule has 0 atom stereocenters. The lowest BCUT2D eigenvalue weighted by Crippen LogP contribution is -2.24. The Kier molecular flexibility index (Phi) is 5.17. The molecule has 0 aliphatic carbocycles. The van der Waals surface area contributed by atoms with E-state index in [4.69, 9.17) is 9.47 Å². The molecule has 0 unspecified atom stereocenters. The molecule has 3 rings (SSSR count). The zero-order chi connectivity index (χ0) is 18.5. The average molecular weight is 352 g/mol. The number of carbonyl (C=O) groups is 1. The molecule has 0 bridgehead atoms. The second-order valence-corrected chi connectivity index (χ2v) is 5.66. The third-order valence-electron chi connectivity index (χ3n) is 3.99. The number of hydrogen-bond donors (Lipinski definition) is 1. The number of aromatic nitrogens is 2. The van der Waals surface area contributed by atoms with Gasteiger partial charge in [0.1, 0.15) is 18.0 Å². The Balaban J connectivity index is 1.71. The van der Waals surface area contributed by atoms with E-state index in [-0.39, 0.29) is 12.5 Å². The Labute approximate surface area is 151 Å². The van der Waals surface area contributed by atoms with Crippen LogP contribution in [0.25, 0.3) is 11.0 Å². The molecule has 3 aromatic rings. The fraction of sp³-hybridized carbons (Fsp3) is 0.211. The normalized spacial score (nSPS) is 11.4. The van der Waals surface area contributed by atoms with Crippen molar-refractivity contribution in [2.45, 2.75) is 13.5 Å². The maximum absolute atomic E-state index is 12.2. The summed E-state index contributed by atoms with van der Waals surface area (Å²) in [6.07, 6.45) is 1.65. The van der Waals surface area contributed by atoms with Crippen LogP contribution in [0.2, 0.25) is 0 Å². The molecular weight excluding hydrogens is 332 g/mol. The molecule has 1 N–H and O–H groups in total. The molecule has 0 saturated heterocycles. The van der Waals surface area contributed by atoms with Gasteiger partial charge in [-0.05, 0) is 31.2 Å². The van der Waals surface area contributed by atoms with Crippen molar-refractivity contribution in [2.75, 3.05) is 14.2 Å². The number of amides is 1. The highest BCUT2D eigenvalue weighted by Gasteiger charge is 2.10. The minimum absolute atomic E-state index is 0.136. The van der Waals surface area contributed by atoms with Crippen molar-refractivity contribution in [1.82, 2.24) is 15.0 Å². The molecule has 0 radical (unpaired) electrons. The maximum atomic E-state index is 12.2. The van der Waals surface area contributed by atoms with Crippen LogP contribution in [0.3, 0.4) is 0 Å². The first kappa shape index (κ1) is 17.5. The van der Waals surface area contributed by atoms with E-state index in [1.54, 1.807) is 38.1 Å². The SMILES string of the molecule is COc1ccc(/C(C)=N/NC(=O)Cn2cnc3ccccc32)c(OC)c1. The van der Waals surface area contributed by atoms with Gasteiger partial charge in [0, 0.05) is 11.6 Å². The first-order valence-corrected chi connectivity index (χ1v) is 8.07. The number of carbonyl (C=O) groups excluding carboxylic acids is 1. The van der Waals surface area contributed by atoms with Crippen LogP contribution < -0.4 is 14.9 Å². The highest BCUT2D eigenvalue weighted by atomic mass is 16.5. The van der Waals surface area contributed by atoms with Crippen LogP contribution in [0.4, 0.5) is 0 Å². The van der Waals surface area contributed by atoms with Gasteiger partial charge in [0.15, 0.2) is 0 Å². The Morgan fingerprint density at radius 2 is 2.00 bits per heavy atom. The molecule has 1 amide bonds. The summed E-state index contributed by atoms with van der Waals surface area (Å²) in [5, 5.41) is 4.18. The van der Waals surface area contributed by atoms with E-state index in [9.17, 15) is 4.79 Å². The quantitative estimate of drug-likeness (QED) is 0.546. The van der Waals surface area contributed by atoms with Crippen molar-refractivity contribution >= 4 is 22.7 Å². The van der Waals surface area contributed by atoms with Crippen LogP contribution in [0.1, 0.15) is 12.5 Å². The summed E-state index contributed by atoms with van der Waals surface area (Å²) in [6, 6.07) is 13.1. The van der Waals surface area contributed by atoms with E-state index in [1.807, 2.05) is 36.4 Å². The summed E-state index contributed by atoms with van der Waals surface area (Å²) in [5.74, 6) is 1.08. The molecule has 0 fully saturated rings. The van der Waals surface area contributed by atoms with Crippen LogP contribution >= 0.6 is 0 Å². The molecule has 0 spiro atoms. The first-order valence-electron chi connectivity index (χ1n) is 8.07. The second kappa shape index (κ2) is 7.69. The van der Waals surface area contributed by atoms with Gasteiger partial charge in [-0.1, -0.05) is 12.1 Å². The monoisotopic (exact) mass is 352 g/mol. The molecule has 0 aliphatic heterocycles. The van der Waals surface area contributed by atoms with E-state index < -0.39 is 0 Å². The average Bonchev–Trinajstić information content (AvgIpc) is 3.08. The smallest absolute Gasteiger partial charge is 0.260 e. The molecule has 7 nitrogen and oxygen atoms in total. The van der Waals surface area contributed by atoms with Crippen LogP contribution in [0.15, 0.2) is 53.9 Å². The molecule has 1 aromatic heterocycles. The van der Waals surface area contributed by atoms with Gasteiger partial charge >= 0.3 is 0 Å². The Hall–Kier alpha value is -3.35. The summed E-state index contributed by atoms with van der Waals surface area (Å²) >= 11 is 0. The zero-order valence-electron chi connectivity index (χ0n) is 14.9. The number of nitrogens with zero attached hydrogens (tertiary/aromatic N) is 3. The van der Waals surface area contributed by atoms with Gasteiger partial charge in [-0.25, -0.2) is 10.4 Å². The summed E-state index contributed by atoms with van der Waals surface area (Å²) in [6.45, 7) is 1.94. The van der Waals surface area contributed by atoms with E-state index in [1.165, 1.54) is 0 Å². The van der Waals surface area contributed by atoms with Crippen LogP contribution in [0.5, 0.6) is 11.5 Å². The summed E-state index contributed by atoms with van der Waals surface area (Å²) in [7, 11) is 3.17. The molecule has 1 heterocycles. The zero-order valence-corrected chi connectivity index (χ0v) is 14.9. The molecule has 0 saturated carbocycles. The first-order chi connectivity index (χ1) is 12.6. The number of hydrogen-bond acceptors (Lipinski definition) is 5. The minimum atomic E-state index is -0.236. The number of nitrogens with one attached hydrogen (secondary N) is 1. The van der Waals surface area contributed by atoms with Gasteiger partial charge in [0.05, 0.1) is 37.3 Å². The second-order valence-electron chi connectivity index (χ2n) is 5.66. The van der Waals surface area contributed by atoms with E-state index in [0.717, 1.165) is 16.6 Å². The molecule has 134 valence electrons. The largest absolute Gasteiger partial charge is 0.497 e. The number of hydrazone groups is 1. The highest BCUT2D eigenvalue weighted by molar-refractivity contribution is 6.01. The fourth-order valence-electron chi connectivity index (χ4n) is 2.63. The van der Waals surface area contributed by atoms with E-state index >= 15 is 0 Å². The number of benzene rings is 2. The number of fused-ring (bicyclic) bond motifs is 1. The van der Waals surface area contributed by atoms with Crippen LogP contribution in [0, 0.1) is 0 Å². The Morgan fingerprint density at radius 1 is 1.19 bits per heavy atom. The highest BCUT2D eigenvalue weighted by Crippen LogP contribution is 2.25. The number of para-hydroxylation sites is 2. The predicted octanol–water partition coefficient (Wildman–Crippen LogP) is 2.59. The van der Waals surface area contributed by atoms with Crippen LogP contribution in [-0.4, -0.2) is 35.4 Å². The number of imidazole rings is 1. The summed E-state index contributed by atoms with van der Waals surface area (Å²) in [4.78, 5) is 16.5. The van der Waals surface area contributed by atoms with Crippen molar-refractivity contribution in [3.63, 3.8) is 0 Å². The lowest BCUT2D eigenvalue weighted by Gasteiger charge is -2.10. The Morgan fingerprint density at radius 3 is 2.77 bits per heavy atom. The number of methoxy groups -OCH3 is 2. The van der Waals surface area contributed by atoms with Crippen molar-refractivity contribution in [3.05, 3.63) is 54.4 Å². The molecular formula is C19H20N4O3. The summed E-state index contributed by atoms with van der Waals surface area (Å²) in [5.41, 5.74) is 5.74. The van der Waals surface area contributed by atoms with Gasteiger partial charge in [-0.15, -0.1) is 0 Å². The van der Waals surface area contributed by atoms with E-state index in [0.29, 0.717) is 17.2 Å². The standard InChI is InChI=1S/C19H20N4O3/c1-13(15-9-8-14(25-2)10-18(15)26-3)21-22-19(24)11-23-12-20-16-6-4-5-7-17(16)23/h4-10,12H,11H2,1-3H3,(H,22,24)/b21-13+. The fourth-order valence-corrected chi connectivity index (χ4v) is 2.63. The van der Waals surface area contributed by atoms with Crippen LogP contribution in [-0.2, 0) is 11.3 Å². The lowest BCUT2D eigenvalue weighted by atomic mass is 10.1.